The Morgan fingerprint density at radius 3 is 2.70 bits per heavy atom. The molecule has 9 nitrogen and oxygen atoms in total. The normalized spacial score (nSPS) is 10.7. The van der Waals surface area contributed by atoms with Crippen molar-refractivity contribution in [3.63, 3.8) is 0 Å². The number of thioether (sulfide) groups is 1. The smallest absolute Gasteiger partial charge is 0.321 e. The Bertz CT molecular complexity index is 1120. The van der Waals surface area contributed by atoms with Gasteiger partial charge >= 0.3 is 12.0 Å². The fourth-order valence-electron chi connectivity index (χ4n) is 2.89. The molecule has 0 fully saturated rings. The number of fused-ring (bicyclic) bond motifs is 1. The molecule has 3 aromatic rings. The van der Waals surface area contributed by atoms with Gasteiger partial charge in [-0.25, -0.2) is 9.78 Å². The zero-order valence-corrected chi connectivity index (χ0v) is 19.4. The van der Waals surface area contributed by atoms with Crippen LogP contribution < -0.4 is 10.6 Å². The molecule has 0 bridgehead atoms. The van der Waals surface area contributed by atoms with Gasteiger partial charge in [-0.15, -0.1) is 0 Å². The van der Waals surface area contributed by atoms with Gasteiger partial charge in [0.15, 0.2) is 11.8 Å². The van der Waals surface area contributed by atoms with E-state index in [0.29, 0.717) is 28.8 Å². The molecule has 0 aliphatic rings. The van der Waals surface area contributed by atoms with Crippen LogP contribution in [0.4, 0.5) is 4.79 Å². The number of nitrogens with one attached hydrogen (secondary N) is 2. The van der Waals surface area contributed by atoms with E-state index < -0.39 is 24.5 Å². The summed E-state index contributed by atoms with van der Waals surface area (Å²) < 4.78 is 11.8. The van der Waals surface area contributed by atoms with Crippen LogP contribution >= 0.6 is 23.4 Å². The number of urea groups is 1. The van der Waals surface area contributed by atoms with Crippen molar-refractivity contribution in [1.82, 2.24) is 20.2 Å². The lowest BCUT2D eigenvalue weighted by Crippen LogP contribution is -2.42. The molecule has 33 heavy (non-hydrogen) atoms. The molecule has 1 aromatic heterocycles. The van der Waals surface area contributed by atoms with Crippen LogP contribution in [-0.4, -0.2) is 60.1 Å². The molecule has 0 atom stereocenters. The molecule has 3 amide bonds. The van der Waals surface area contributed by atoms with E-state index in [-0.39, 0.29) is 12.3 Å². The summed E-state index contributed by atoms with van der Waals surface area (Å²) in [4.78, 5) is 40.0. The molecule has 1 heterocycles. The molecule has 2 N–H and O–H groups in total. The Labute approximate surface area is 199 Å². The number of halogens is 1. The minimum absolute atomic E-state index is 0.0564. The van der Waals surface area contributed by atoms with Gasteiger partial charge in [0.05, 0.1) is 29.9 Å². The topological polar surface area (TPSA) is 112 Å². The average Bonchev–Trinajstić information content (AvgIpc) is 3.13. The van der Waals surface area contributed by atoms with Gasteiger partial charge in [-0.3, -0.25) is 14.9 Å². The number of methoxy groups -OCH3 is 1. The van der Waals surface area contributed by atoms with Crippen LogP contribution in [0.25, 0.3) is 11.0 Å². The first-order valence-corrected chi connectivity index (χ1v) is 11.4. The predicted molar refractivity (Wildman–Crippen MR) is 125 cm³/mol. The van der Waals surface area contributed by atoms with Crippen LogP contribution in [0.2, 0.25) is 5.02 Å². The number of hydrogen-bond acceptors (Lipinski definition) is 7. The summed E-state index contributed by atoms with van der Waals surface area (Å²) in [5.41, 5.74) is 2.68. The fraction of sp³-hybridized carbons (Fsp3) is 0.273. The largest absolute Gasteiger partial charge is 0.455 e. The number of amides is 3. The molecule has 0 spiro atoms. The van der Waals surface area contributed by atoms with Crippen LogP contribution in [0.5, 0.6) is 0 Å². The molecule has 0 saturated carbocycles. The first-order chi connectivity index (χ1) is 16.0. The van der Waals surface area contributed by atoms with Gasteiger partial charge in [0, 0.05) is 18.7 Å². The number of ether oxygens (including phenoxy) is 2. The third kappa shape index (κ3) is 7.48. The third-order valence-electron chi connectivity index (χ3n) is 4.39. The first kappa shape index (κ1) is 24.6. The van der Waals surface area contributed by atoms with Crippen molar-refractivity contribution in [2.24, 2.45) is 0 Å². The number of carbonyl (C=O) groups is 3. The van der Waals surface area contributed by atoms with Crippen molar-refractivity contribution in [3.05, 3.63) is 59.1 Å². The zero-order valence-electron chi connectivity index (χ0n) is 17.9. The summed E-state index contributed by atoms with van der Waals surface area (Å²) in [6.45, 7) is 0.570. The number of benzene rings is 2. The lowest BCUT2D eigenvalue weighted by molar-refractivity contribution is -0.145. The number of aromatic nitrogens is 2. The summed E-state index contributed by atoms with van der Waals surface area (Å²) in [6.07, 6.45) is 0. The second-order valence-corrected chi connectivity index (χ2v) is 8.22. The summed E-state index contributed by atoms with van der Waals surface area (Å²) in [6, 6.07) is 14.6. The van der Waals surface area contributed by atoms with Crippen molar-refractivity contribution in [2.45, 2.75) is 11.7 Å². The lowest BCUT2D eigenvalue weighted by atomic mass is 10.2. The molecule has 0 aliphatic heterocycles. The van der Waals surface area contributed by atoms with Crippen molar-refractivity contribution in [3.8, 4) is 0 Å². The van der Waals surface area contributed by atoms with Gasteiger partial charge in [-0.2, -0.15) is 0 Å². The number of nitrogens with zero attached hydrogens (tertiary/aromatic N) is 2. The summed E-state index contributed by atoms with van der Waals surface area (Å²) >= 11 is 7.30. The quantitative estimate of drug-likeness (QED) is 0.255. The molecule has 3 rings (SSSR count). The second-order valence-electron chi connectivity index (χ2n) is 6.85. The number of imide groups is 1. The van der Waals surface area contributed by atoms with E-state index in [1.807, 2.05) is 41.0 Å². The predicted octanol–water partition coefficient (Wildman–Crippen LogP) is 2.85. The van der Waals surface area contributed by atoms with E-state index in [4.69, 9.17) is 21.1 Å². The minimum atomic E-state index is -0.728. The highest BCUT2D eigenvalue weighted by atomic mass is 35.5. The maximum Gasteiger partial charge on any atom is 0.321 e. The Morgan fingerprint density at radius 1 is 1.15 bits per heavy atom. The van der Waals surface area contributed by atoms with Crippen molar-refractivity contribution in [2.75, 3.05) is 32.6 Å². The van der Waals surface area contributed by atoms with Gasteiger partial charge in [0.25, 0.3) is 5.91 Å². The Hall–Kier alpha value is -3.08. The molecular formula is C22H23ClN4O5S. The number of imidazole rings is 1. The van der Waals surface area contributed by atoms with Gasteiger partial charge in [-0.05, 0) is 23.8 Å². The highest BCUT2D eigenvalue weighted by Crippen LogP contribution is 2.27. The van der Waals surface area contributed by atoms with E-state index in [1.54, 1.807) is 12.1 Å². The highest BCUT2D eigenvalue weighted by molar-refractivity contribution is 7.99. The second kappa shape index (κ2) is 12.2. The first-order valence-electron chi connectivity index (χ1n) is 10.0. The van der Waals surface area contributed by atoms with Crippen LogP contribution in [0.15, 0.2) is 53.7 Å². The molecule has 0 aliphatic carbocycles. The van der Waals surface area contributed by atoms with Crippen molar-refractivity contribution < 1.29 is 23.9 Å². The molecule has 2 aromatic carbocycles. The van der Waals surface area contributed by atoms with Gasteiger partial charge in [-0.1, -0.05) is 53.7 Å². The van der Waals surface area contributed by atoms with Gasteiger partial charge in [0.1, 0.15) is 0 Å². The SMILES string of the molecule is COCCNC(=O)NC(=O)COC(=O)CSc1nc2cc(Cl)ccc2n1Cc1ccccc1. The number of carbonyl (C=O) groups excluding carboxylic acids is 3. The monoisotopic (exact) mass is 490 g/mol. The van der Waals surface area contributed by atoms with E-state index in [1.165, 1.54) is 18.9 Å². The van der Waals surface area contributed by atoms with Crippen LogP contribution in [0, 0.1) is 0 Å². The third-order valence-corrected chi connectivity index (χ3v) is 5.57. The Kier molecular flexibility index (Phi) is 9.11. The van der Waals surface area contributed by atoms with Crippen LogP contribution in [0.1, 0.15) is 5.56 Å². The summed E-state index contributed by atoms with van der Waals surface area (Å²) in [5.74, 6) is -1.39. The molecular weight excluding hydrogens is 468 g/mol. The van der Waals surface area contributed by atoms with Crippen molar-refractivity contribution >= 4 is 52.3 Å². The molecule has 11 heteroatoms. The van der Waals surface area contributed by atoms with E-state index in [9.17, 15) is 14.4 Å². The molecule has 0 saturated heterocycles. The average molecular weight is 491 g/mol. The van der Waals surface area contributed by atoms with Crippen LogP contribution in [-0.2, 0) is 25.6 Å². The number of hydrogen-bond donors (Lipinski definition) is 2. The van der Waals surface area contributed by atoms with Crippen molar-refractivity contribution in [1.29, 1.82) is 0 Å². The highest BCUT2D eigenvalue weighted by Gasteiger charge is 2.16. The Balaban J connectivity index is 1.58. The molecule has 0 unspecified atom stereocenters. The Morgan fingerprint density at radius 2 is 1.94 bits per heavy atom. The van der Waals surface area contributed by atoms with Gasteiger partial charge in [0.2, 0.25) is 0 Å². The zero-order chi connectivity index (χ0) is 23.6. The number of rotatable bonds is 10. The summed E-state index contributed by atoms with van der Waals surface area (Å²) in [7, 11) is 1.49. The minimum Gasteiger partial charge on any atom is -0.455 e. The van der Waals surface area contributed by atoms with Gasteiger partial charge < -0.3 is 19.4 Å². The summed E-state index contributed by atoms with van der Waals surface area (Å²) in [5, 5.41) is 5.69. The number of esters is 1. The van der Waals surface area contributed by atoms with Crippen LogP contribution in [0.3, 0.4) is 0 Å². The standard InChI is InChI=1S/C22H23ClN4O5S/c1-31-10-9-24-21(30)26-19(28)13-32-20(29)14-33-22-25-17-11-16(23)7-8-18(17)27(22)12-15-5-3-2-4-6-15/h2-8,11H,9-10,12-14H2,1H3,(H2,24,26,28,30). The maximum absolute atomic E-state index is 12.2. The van der Waals surface area contributed by atoms with E-state index in [2.05, 4.69) is 15.6 Å². The van der Waals surface area contributed by atoms with E-state index in [0.717, 1.165) is 11.1 Å². The maximum atomic E-state index is 12.2. The molecule has 174 valence electrons. The fourth-order valence-corrected chi connectivity index (χ4v) is 3.87. The molecule has 0 radical (unpaired) electrons. The lowest BCUT2D eigenvalue weighted by Gasteiger charge is -2.09. The van der Waals surface area contributed by atoms with E-state index >= 15 is 0 Å².